The van der Waals surface area contributed by atoms with E-state index in [4.69, 9.17) is 5.11 Å². The van der Waals surface area contributed by atoms with E-state index >= 15 is 0 Å². The summed E-state index contributed by atoms with van der Waals surface area (Å²) >= 11 is 3.12. The second-order valence-corrected chi connectivity index (χ2v) is 5.94. The van der Waals surface area contributed by atoms with Crippen molar-refractivity contribution in [3.63, 3.8) is 0 Å². The fourth-order valence-electron chi connectivity index (χ4n) is 2.72. The molecule has 1 aliphatic rings. The number of aromatic nitrogens is 1. The molecule has 2 heterocycles. The highest BCUT2D eigenvalue weighted by atomic mass is 79.9. The van der Waals surface area contributed by atoms with Gasteiger partial charge in [0.25, 0.3) is 0 Å². The summed E-state index contributed by atoms with van der Waals surface area (Å²) in [5.74, 6) is -2.30. The van der Waals surface area contributed by atoms with Gasteiger partial charge in [-0.1, -0.05) is 0 Å². The van der Waals surface area contributed by atoms with Crippen LogP contribution in [0.25, 0.3) is 10.9 Å². The van der Waals surface area contributed by atoms with Gasteiger partial charge in [-0.05, 0) is 28.4 Å². The third kappa shape index (κ3) is 2.27. The van der Waals surface area contributed by atoms with Crippen LogP contribution in [-0.2, 0) is 12.8 Å². The molecule has 0 saturated carbocycles. The van der Waals surface area contributed by atoms with Crippen LogP contribution in [0.4, 0.5) is 13.6 Å². The van der Waals surface area contributed by atoms with Crippen LogP contribution in [0.5, 0.6) is 0 Å². The largest absolute Gasteiger partial charge is 0.465 e. The molecular weight excluding hydrogens is 362 g/mol. The summed E-state index contributed by atoms with van der Waals surface area (Å²) in [6.07, 6.45) is -0.582. The van der Waals surface area contributed by atoms with E-state index in [2.05, 4.69) is 20.9 Å². The number of halogens is 3. The van der Waals surface area contributed by atoms with E-state index in [1.807, 2.05) is 0 Å². The molecule has 0 radical (unpaired) electrons. The van der Waals surface area contributed by atoms with E-state index in [0.717, 1.165) is 6.07 Å². The third-order valence-corrected chi connectivity index (χ3v) is 4.47. The number of nitrogens with one attached hydrogen (secondary N) is 1. The van der Waals surface area contributed by atoms with Crippen LogP contribution in [0.15, 0.2) is 15.3 Å². The first-order chi connectivity index (χ1) is 10.4. The number of H-pyrrole nitrogens is 1. The zero-order valence-electron chi connectivity index (χ0n) is 11.3. The number of rotatable bonds is 0. The zero-order chi connectivity index (χ0) is 16.0. The van der Waals surface area contributed by atoms with Crippen LogP contribution in [0.2, 0.25) is 0 Å². The van der Waals surface area contributed by atoms with Crippen molar-refractivity contribution in [2.75, 3.05) is 13.1 Å². The molecule has 2 aromatic rings. The Morgan fingerprint density at radius 2 is 2.00 bits per heavy atom. The molecule has 5 nitrogen and oxygen atoms in total. The number of aromatic amines is 1. The second-order valence-electron chi connectivity index (χ2n) is 5.09. The molecule has 3 rings (SSSR count). The van der Waals surface area contributed by atoms with E-state index in [0.29, 0.717) is 17.7 Å². The van der Waals surface area contributed by atoms with Gasteiger partial charge in [-0.3, -0.25) is 4.79 Å². The highest BCUT2D eigenvalue weighted by Gasteiger charge is 2.24. The normalized spacial score (nSPS) is 14.8. The van der Waals surface area contributed by atoms with Crippen molar-refractivity contribution in [2.24, 2.45) is 0 Å². The van der Waals surface area contributed by atoms with Gasteiger partial charge in [0, 0.05) is 35.2 Å². The van der Waals surface area contributed by atoms with E-state index < -0.39 is 23.2 Å². The van der Waals surface area contributed by atoms with E-state index in [9.17, 15) is 18.4 Å². The molecule has 1 aliphatic heterocycles. The first kappa shape index (κ1) is 15.0. The van der Waals surface area contributed by atoms with E-state index in [-0.39, 0.29) is 34.9 Å². The molecule has 8 heteroatoms. The second kappa shape index (κ2) is 5.35. The molecule has 2 N–H and O–H groups in total. The highest BCUT2D eigenvalue weighted by molar-refractivity contribution is 9.10. The highest BCUT2D eigenvalue weighted by Crippen LogP contribution is 2.27. The summed E-state index contributed by atoms with van der Waals surface area (Å²) in [5.41, 5.74) is 0.473. The molecule has 0 fully saturated rings. The smallest absolute Gasteiger partial charge is 0.407 e. The Hall–Kier alpha value is -1.96. The van der Waals surface area contributed by atoms with Crippen LogP contribution < -0.4 is 5.43 Å². The topological polar surface area (TPSA) is 73.4 Å². The average Bonchev–Trinajstić information content (AvgIpc) is 2.67. The number of hydrogen-bond acceptors (Lipinski definition) is 2. The van der Waals surface area contributed by atoms with E-state index in [1.54, 1.807) is 0 Å². The lowest BCUT2D eigenvalue weighted by Crippen LogP contribution is -2.31. The number of carboxylic acid groups (broad SMARTS) is 1. The lowest BCUT2D eigenvalue weighted by Gasteiger charge is -2.14. The Kier molecular flexibility index (Phi) is 3.64. The summed E-state index contributed by atoms with van der Waals surface area (Å²) in [7, 11) is 0. The van der Waals surface area contributed by atoms with Crippen LogP contribution in [0.3, 0.4) is 0 Å². The van der Waals surface area contributed by atoms with Gasteiger partial charge < -0.3 is 15.0 Å². The first-order valence-electron chi connectivity index (χ1n) is 6.59. The predicted octanol–water partition coefficient (Wildman–Crippen LogP) is 2.65. The molecule has 0 saturated heterocycles. The molecule has 1 amide bonds. The number of amides is 1. The van der Waals surface area contributed by atoms with Crippen molar-refractivity contribution in [3.05, 3.63) is 43.7 Å². The van der Waals surface area contributed by atoms with Gasteiger partial charge in [0.05, 0.1) is 10.9 Å². The fourth-order valence-corrected chi connectivity index (χ4v) is 3.22. The lowest BCUT2D eigenvalue weighted by molar-refractivity contribution is 0.147. The van der Waals surface area contributed by atoms with Crippen molar-refractivity contribution in [3.8, 4) is 0 Å². The van der Waals surface area contributed by atoms with Crippen LogP contribution >= 0.6 is 15.9 Å². The molecule has 0 bridgehead atoms. The quantitative estimate of drug-likeness (QED) is 0.698. The van der Waals surface area contributed by atoms with Crippen molar-refractivity contribution < 1.29 is 18.7 Å². The van der Waals surface area contributed by atoms with Crippen molar-refractivity contribution in [2.45, 2.75) is 12.8 Å². The summed E-state index contributed by atoms with van der Waals surface area (Å²) in [6.45, 7) is 0.389. The predicted molar refractivity (Wildman–Crippen MR) is 79.2 cm³/mol. The van der Waals surface area contributed by atoms with Gasteiger partial charge in [-0.2, -0.15) is 0 Å². The molecule has 22 heavy (non-hydrogen) atoms. The van der Waals surface area contributed by atoms with Crippen molar-refractivity contribution >= 4 is 32.9 Å². The summed E-state index contributed by atoms with van der Waals surface area (Å²) in [4.78, 5) is 27.7. The number of carbonyl (C=O) groups is 1. The zero-order valence-corrected chi connectivity index (χ0v) is 12.8. The molecule has 1 aromatic carbocycles. The molecule has 0 spiro atoms. The lowest BCUT2D eigenvalue weighted by atomic mass is 10.0. The van der Waals surface area contributed by atoms with Crippen LogP contribution in [0, 0.1) is 11.6 Å². The maximum absolute atomic E-state index is 14.0. The number of nitrogens with zero attached hydrogens (tertiary/aromatic N) is 1. The Balaban J connectivity index is 2.24. The SMILES string of the molecule is O=C(O)N1CCc2[nH]c3c(Br)cc(F)c(F)c3c(=O)c2CC1. The molecule has 0 unspecified atom stereocenters. The maximum Gasteiger partial charge on any atom is 0.407 e. The number of pyridine rings is 1. The Morgan fingerprint density at radius 3 is 2.68 bits per heavy atom. The van der Waals surface area contributed by atoms with Crippen LogP contribution in [0.1, 0.15) is 11.3 Å². The maximum atomic E-state index is 14.0. The monoisotopic (exact) mass is 372 g/mol. The van der Waals surface area contributed by atoms with Gasteiger partial charge >= 0.3 is 6.09 Å². The van der Waals surface area contributed by atoms with E-state index in [1.165, 1.54) is 4.90 Å². The summed E-state index contributed by atoms with van der Waals surface area (Å²) in [6, 6.07) is 0.959. The molecule has 0 atom stereocenters. The van der Waals surface area contributed by atoms with Crippen LogP contribution in [-0.4, -0.2) is 34.2 Å². The molecule has 0 aliphatic carbocycles. The van der Waals surface area contributed by atoms with Gasteiger partial charge in [0.1, 0.15) is 0 Å². The number of benzene rings is 1. The standard InChI is InChI=1S/C14H11BrF2N2O3/c15-7-5-8(16)11(17)10-12(7)18-9-2-4-19(14(21)22)3-1-6(9)13(10)20/h5H,1-4H2,(H,18,20)(H,21,22). The minimum absolute atomic E-state index is 0.148. The minimum atomic E-state index is -1.19. The van der Waals surface area contributed by atoms with Gasteiger partial charge in [0.15, 0.2) is 17.1 Å². The third-order valence-electron chi connectivity index (χ3n) is 3.85. The molecule has 1 aromatic heterocycles. The van der Waals surface area contributed by atoms with Gasteiger partial charge in [-0.15, -0.1) is 0 Å². The fraction of sp³-hybridized carbons (Fsp3) is 0.286. The van der Waals surface area contributed by atoms with Gasteiger partial charge in [-0.25, -0.2) is 13.6 Å². The molecule has 116 valence electrons. The number of hydrogen-bond donors (Lipinski definition) is 2. The molecular formula is C14H11BrF2N2O3. The minimum Gasteiger partial charge on any atom is -0.465 e. The number of fused-ring (bicyclic) bond motifs is 2. The summed E-state index contributed by atoms with van der Waals surface area (Å²) in [5, 5.41) is 8.71. The van der Waals surface area contributed by atoms with Crippen molar-refractivity contribution in [1.82, 2.24) is 9.88 Å². The Morgan fingerprint density at radius 1 is 1.32 bits per heavy atom. The van der Waals surface area contributed by atoms with Gasteiger partial charge in [0.2, 0.25) is 0 Å². The first-order valence-corrected chi connectivity index (χ1v) is 7.38. The Labute approximate surface area is 131 Å². The summed E-state index contributed by atoms with van der Waals surface area (Å²) < 4.78 is 27.8. The Bertz CT molecular complexity index is 850. The average molecular weight is 373 g/mol. The van der Waals surface area contributed by atoms with Crippen molar-refractivity contribution in [1.29, 1.82) is 0 Å².